The molecule has 110 valence electrons. The van der Waals surface area contributed by atoms with Crippen molar-refractivity contribution in [3.63, 3.8) is 0 Å². The Labute approximate surface area is 119 Å². The van der Waals surface area contributed by atoms with Crippen LogP contribution in [-0.2, 0) is 6.54 Å². The van der Waals surface area contributed by atoms with Crippen molar-refractivity contribution < 1.29 is 18.0 Å². The molecule has 1 amide bonds. The second-order valence-electron chi connectivity index (χ2n) is 4.55. The molecule has 0 radical (unpaired) electrons. The third-order valence-corrected chi connectivity index (χ3v) is 3.02. The number of halogens is 3. The van der Waals surface area contributed by atoms with Crippen LogP contribution in [0.3, 0.4) is 0 Å². The van der Waals surface area contributed by atoms with Gasteiger partial charge in [0.25, 0.3) is 5.91 Å². The minimum atomic E-state index is -0.961. The standard InChI is InChI=1S/C15H13F3N2O/c1-8-4-11(14(18)6-13(8)17)15(21)20-10-2-3-12(16)9(5-10)7-19/h2-6H,7,19H2,1H3,(H,20,21). The van der Waals surface area contributed by atoms with Gasteiger partial charge >= 0.3 is 0 Å². The van der Waals surface area contributed by atoms with Crippen molar-refractivity contribution in [2.75, 3.05) is 5.32 Å². The third kappa shape index (κ3) is 3.22. The van der Waals surface area contributed by atoms with Crippen LogP contribution in [0.15, 0.2) is 30.3 Å². The summed E-state index contributed by atoms with van der Waals surface area (Å²) in [5, 5.41) is 2.42. The van der Waals surface area contributed by atoms with E-state index in [1.165, 1.54) is 19.1 Å². The van der Waals surface area contributed by atoms with Crippen LogP contribution in [-0.4, -0.2) is 5.91 Å². The third-order valence-electron chi connectivity index (χ3n) is 3.02. The molecule has 0 unspecified atom stereocenters. The highest BCUT2D eigenvalue weighted by molar-refractivity contribution is 6.04. The molecule has 0 aliphatic heterocycles. The Kier molecular flexibility index (Phi) is 4.28. The van der Waals surface area contributed by atoms with Gasteiger partial charge in [-0.05, 0) is 36.8 Å². The summed E-state index contributed by atoms with van der Waals surface area (Å²) in [4.78, 5) is 12.0. The smallest absolute Gasteiger partial charge is 0.258 e. The highest BCUT2D eigenvalue weighted by Gasteiger charge is 2.15. The summed E-state index contributed by atoms with van der Waals surface area (Å²) in [6.07, 6.45) is 0. The van der Waals surface area contributed by atoms with Gasteiger partial charge < -0.3 is 11.1 Å². The van der Waals surface area contributed by atoms with Gasteiger partial charge in [0.2, 0.25) is 0 Å². The van der Waals surface area contributed by atoms with Gasteiger partial charge in [-0.15, -0.1) is 0 Å². The van der Waals surface area contributed by atoms with Crippen LogP contribution in [0.25, 0.3) is 0 Å². The maximum Gasteiger partial charge on any atom is 0.258 e. The maximum atomic E-state index is 13.6. The summed E-state index contributed by atoms with van der Waals surface area (Å²) in [6, 6.07) is 5.62. The average molecular weight is 294 g/mol. The number of rotatable bonds is 3. The van der Waals surface area contributed by atoms with Crippen molar-refractivity contribution in [2.24, 2.45) is 5.73 Å². The van der Waals surface area contributed by atoms with E-state index in [0.29, 0.717) is 6.07 Å². The van der Waals surface area contributed by atoms with Gasteiger partial charge in [0.15, 0.2) is 0 Å². The molecule has 0 aliphatic rings. The molecule has 3 nitrogen and oxygen atoms in total. The van der Waals surface area contributed by atoms with E-state index >= 15 is 0 Å². The number of nitrogens with one attached hydrogen (secondary N) is 1. The molecule has 0 atom stereocenters. The summed E-state index contributed by atoms with van der Waals surface area (Å²) < 4.78 is 40.1. The predicted octanol–water partition coefficient (Wildman–Crippen LogP) is 3.12. The van der Waals surface area contributed by atoms with Gasteiger partial charge in [0.1, 0.15) is 17.5 Å². The van der Waals surface area contributed by atoms with Crippen LogP contribution in [0.4, 0.5) is 18.9 Å². The monoisotopic (exact) mass is 294 g/mol. The van der Waals surface area contributed by atoms with Crippen molar-refractivity contribution >= 4 is 11.6 Å². The van der Waals surface area contributed by atoms with Crippen molar-refractivity contribution in [2.45, 2.75) is 13.5 Å². The molecule has 0 fully saturated rings. The fourth-order valence-electron chi connectivity index (χ4n) is 1.84. The number of carbonyl (C=O) groups is 1. The van der Waals surface area contributed by atoms with Crippen LogP contribution < -0.4 is 11.1 Å². The number of amides is 1. The van der Waals surface area contributed by atoms with E-state index < -0.39 is 23.4 Å². The Bertz CT molecular complexity index is 702. The summed E-state index contributed by atoms with van der Waals surface area (Å²) in [6.45, 7) is 1.40. The minimum absolute atomic E-state index is 0.0282. The van der Waals surface area contributed by atoms with Crippen LogP contribution in [0.5, 0.6) is 0 Å². The molecule has 6 heteroatoms. The molecule has 0 aliphatic carbocycles. The van der Waals surface area contributed by atoms with Gasteiger partial charge in [0.05, 0.1) is 5.56 Å². The topological polar surface area (TPSA) is 55.1 Å². The van der Waals surface area contributed by atoms with Gasteiger partial charge in [-0.3, -0.25) is 4.79 Å². The zero-order valence-corrected chi connectivity index (χ0v) is 11.2. The Morgan fingerprint density at radius 1 is 1.10 bits per heavy atom. The lowest BCUT2D eigenvalue weighted by atomic mass is 10.1. The number of carbonyl (C=O) groups excluding carboxylic acids is 1. The molecule has 0 saturated carbocycles. The lowest BCUT2D eigenvalue weighted by Crippen LogP contribution is -2.15. The molecule has 2 aromatic carbocycles. The van der Waals surface area contributed by atoms with Crippen LogP contribution in [0.1, 0.15) is 21.5 Å². The van der Waals surface area contributed by atoms with Crippen molar-refractivity contribution in [1.29, 1.82) is 0 Å². The first-order valence-electron chi connectivity index (χ1n) is 6.18. The fraction of sp³-hybridized carbons (Fsp3) is 0.133. The highest BCUT2D eigenvalue weighted by Crippen LogP contribution is 2.18. The fourth-order valence-corrected chi connectivity index (χ4v) is 1.84. The van der Waals surface area contributed by atoms with E-state index in [0.717, 1.165) is 12.1 Å². The largest absolute Gasteiger partial charge is 0.326 e. The molecule has 0 saturated heterocycles. The molecule has 3 N–H and O–H groups in total. The first-order valence-corrected chi connectivity index (χ1v) is 6.18. The predicted molar refractivity (Wildman–Crippen MR) is 73.3 cm³/mol. The highest BCUT2D eigenvalue weighted by atomic mass is 19.1. The average Bonchev–Trinajstić information content (AvgIpc) is 2.44. The van der Waals surface area contributed by atoms with E-state index in [2.05, 4.69) is 5.32 Å². The molecule has 21 heavy (non-hydrogen) atoms. The molecule has 2 rings (SSSR count). The van der Waals surface area contributed by atoms with Gasteiger partial charge in [-0.1, -0.05) is 0 Å². The van der Waals surface area contributed by atoms with E-state index in [1.807, 2.05) is 0 Å². The first-order chi connectivity index (χ1) is 9.92. The normalized spacial score (nSPS) is 10.5. The van der Waals surface area contributed by atoms with Gasteiger partial charge in [0, 0.05) is 23.9 Å². The molecule has 2 aromatic rings. The van der Waals surface area contributed by atoms with E-state index in [9.17, 15) is 18.0 Å². The lowest BCUT2D eigenvalue weighted by Gasteiger charge is -2.09. The van der Waals surface area contributed by atoms with E-state index in [-0.39, 0.29) is 28.9 Å². The Balaban J connectivity index is 2.28. The SMILES string of the molecule is Cc1cc(C(=O)Nc2ccc(F)c(CN)c2)c(F)cc1F. The summed E-state index contributed by atoms with van der Waals surface area (Å²) >= 11 is 0. The number of aryl methyl sites for hydroxylation is 1. The van der Waals surface area contributed by atoms with Crippen LogP contribution in [0, 0.1) is 24.4 Å². The first kappa shape index (κ1) is 15.1. The lowest BCUT2D eigenvalue weighted by molar-refractivity contribution is 0.102. The molecular weight excluding hydrogens is 281 g/mol. The van der Waals surface area contributed by atoms with Gasteiger partial charge in [-0.2, -0.15) is 0 Å². The molecule has 0 spiro atoms. The van der Waals surface area contributed by atoms with E-state index in [1.54, 1.807) is 0 Å². The summed E-state index contributed by atoms with van der Waals surface area (Å²) in [5.41, 5.74) is 5.75. The Morgan fingerprint density at radius 3 is 2.48 bits per heavy atom. The zero-order chi connectivity index (χ0) is 15.6. The van der Waals surface area contributed by atoms with Crippen LogP contribution in [0.2, 0.25) is 0 Å². The summed E-state index contributed by atoms with van der Waals surface area (Å²) in [5.74, 6) is -2.92. The number of anilines is 1. The van der Waals surface area contributed by atoms with Crippen molar-refractivity contribution in [1.82, 2.24) is 0 Å². The number of hydrogen-bond donors (Lipinski definition) is 2. The minimum Gasteiger partial charge on any atom is -0.326 e. The molecule has 0 aromatic heterocycles. The van der Waals surface area contributed by atoms with Crippen LogP contribution >= 0.6 is 0 Å². The van der Waals surface area contributed by atoms with Crippen molar-refractivity contribution in [3.05, 3.63) is 64.5 Å². The molecule has 0 heterocycles. The second-order valence-corrected chi connectivity index (χ2v) is 4.55. The second kappa shape index (κ2) is 5.97. The summed E-state index contributed by atoms with van der Waals surface area (Å²) in [7, 11) is 0. The molecular formula is C15H13F3N2O. The Morgan fingerprint density at radius 2 is 1.81 bits per heavy atom. The Hall–Kier alpha value is -2.34. The molecule has 0 bridgehead atoms. The number of nitrogens with two attached hydrogens (primary N) is 1. The van der Waals surface area contributed by atoms with E-state index in [4.69, 9.17) is 5.73 Å². The quantitative estimate of drug-likeness (QED) is 0.913. The van der Waals surface area contributed by atoms with Crippen molar-refractivity contribution in [3.8, 4) is 0 Å². The maximum absolute atomic E-state index is 13.6. The zero-order valence-electron chi connectivity index (χ0n) is 11.2. The number of benzene rings is 2. The van der Waals surface area contributed by atoms with Gasteiger partial charge in [-0.25, -0.2) is 13.2 Å². The number of hydrogen-bond acceptors (Lipinski definition) is 2.